The van der Waals surface area contributed by atoms with Gasteiger partial charge < -0.3 is 10.1 Å². The predicted molar refractivity (Wildman–Crippen MR) is 101 cm³/mol. The van der Waals surface area contributed by atoms with Crippen LogP contribution in [0, 0.1) is 17.2 Å². The topological polar surface area (TPSA) is 117 Å². The molecule has 152 valence electrons. The van der Waals surface area contributed by atoms with Crippen LogP contribution in [0.2, 0.25) is 0 Å². The van der Waals surface area contributed by atoms with Crippen LogP contribution in [0.25, 0.3) is 0 Å². The first kappa shape index (κ1) is 21.9. The summed E-state index contributed by atoms with van der Waals surface area (Å²) in [5, 5.41) is 11.5. The molecule has 1 aromatic carbocycles. The number of ether oxygens (including phenoxy) is 1. The van der Waals surface area contributed by atoms with Crippen molar-refractivity contribution in [1.29, 1.82) is 5.26 Å². The minimum atomic E-state index is -3.68. The van der Waals surface area contributed by atoms with Crippen LogP contribution >= 0.6 is 0 Å². The van der Waals surface area contributed by atoms with Crippen molar-refractivity contribution in [3.05, 3.63) is 29.8 Å². The van der Waals surface area contributed by atoms with Crippen molar-refractivity contribution in [2.45, 2.75) is 44.1 Å². The maximum absolute atomic E-state index is 12.7. The van der Waals surface area contributed by atoms with Gasteiger partial charge in [0.15, 0.2) is 6.10 Å². The molecule has 0 spiro atoms. The Morgan fingerprint density at radius 2 is 1.89 bits per heavy atom. The molecule has 0 bridgehead atoms. The van der Waals surface area contributed by atoms with Crippen LogP contribution < -0.4 is 5.32 Å². The maximum Gasteiger partial charge on any atom is 0.309 e. The average Bonchev–Trinajstić information content (AvgIpc) is 2.71. The van der Waals surface area contributed by atoms with E-state index in [1.807, 2.05) is 13.0 Å². The molecule has 1 amide bonds. The lowest BCUT2D eigenvalue weighted by Gasteiger charge is -2.30. The van der Waals surface area contributed by atoms with Gasteiger partial charge in [0.25, 0.3) is 5.91 Å². The summed E-state index contributed by atoms with van der Waals surface area (Å²) >= 11 is 0. The Kier molecular flexibility index (Phi) is 7.54. The third-order valence-electron chi connectivity index (χ3n) is 4.62. The third-order valence-corrected chi connectivity index (χ3v) is 6.53. The summed E-state index contributed by atoms with van der Waals surface area (Å²) in [6, 6.07) is 7.69. The molecule has 1 fully saturated rings. The number of sulfonamides is 1. The predicted octanol–water partition coefficient (Wildman–Crippen LogP) is 1.42. The highest BCUT2D eigenvalue weighted by atomic mass is 32.2. The first-order chi connectivity index (χ1) is 13.3. The first-order valence-corrected chi connectivity index (χ1v) is 10.7. The molecule has 0 unspecified atom stereocenters. The van der Waals surface area contributed by atoms with E-state index in [-0.39, 0.29) is 23.9 Å². The number of nitrogens with zero attached hydrogens (tertiary/aromatic N) is 2. The van der Waals surface area contributed by atoms with E-state index in [1.165, 1.54) is 35.5 Å². The minimum Gasteiger partial charge on any atom is -0.452 e. The van der Waals surface area contributed by atoms with Crippen LogP contribution in [0.5, 0.6) is 0 Å². The van der Waals surface area contributed by atoms with Gasteiger partial charge in [0.1, 0.15) is 0 Å². The Hall–Kier alpha value is -2.44. The second kappa shape index (κ2) is 9.66. The SMILES string of the molecule is CCCNC(=O)[C@H](C)OC(=O)C1CCN(S(=O)(=O)c2ccc(C#N)cc2)CC1. The fourth-order valence-electron chi connectivity index (χ4n) is 2.90. The molecule has 1 N–H and O–H groups in total. The molecule has 1 heterocycles. The second-order valence-corrected chi connectivity index (χ2v) is 8.62. The van der Waals surface area contributed by atoms with E-state index in [2.05, 4.69) is 5.32 Å². The van der Waals surface area contributed by atoms with Crippen LogP contribution in [0.4, 0.5) is 0 Å². The van der Waals surface area contributed by atoms with E-state index < -0.39 is 28.0 Å². The smallest absolute Gasteiger partial charge is 0.309 e. The van der Waals surface area contributed by atoms with Gasteiger partial charge in [-0.1, -0.05) is 6.92 Å². The van der Waals surface area contributed by atoms with Crippen molar-refractivity contribution >= 4 is 21.9 Å². The summed E-state index contributed by atoms with van der Waals surface area (Å²) in [6.07, 6.45) is 0.577. The molecule has 9 heteroatoms. The highest BCUT2D eigenvalue weighted by Gasteiger charge is 2.33. The lowest BCUT2D eigenvalue weighted by Crippen LogP contribution is -2.42. The molecule has 1 aliphatic heterocycles. The lowest BCUT2D eigenvalue weighted by atomic mass is 9.98. The molecule has 1 aliphatic rings. The lowest BCUT2D eigenvalue weighted by molar-refractivity contribution is -0.159. The van der Waals surface area contributed by atoms with Gasteiger partial charge in [-0.15, -0.1) is 0 Å². The normalized spacial score (nSPS) is 16.8. The van der Waals surface area contributed by atoms with E-state index in [9.17, 15) is 18.0 Å². The van der Waals surface area contributed by atoms with Crippen LogP contribution in [0.15, 0.2) is 29.2 Å². The van der Waals surface area contributed by atoms with Gasteiger partial charge >= 0.3 is 5.97 Å². The number of carbonyl (C=O) groups is 2. The summed E-state index contributed by atoms with van der Waals surface area (Å²) < 4.78 is 32.0. The summed E-state index contributed by atoms with van der Waals surface area (Å²) in [5.41, 5.74) is 0.387. The van der Waals surface area contributed by atoms with Gasteiger partial charge in [-0.2, -0.15) is 9.57 Å². The van der Waals surface area contributed by atoms with Crippen molar-refractivity contribution in [1.82, 2.24) is 9.62 Å². The molecule has 0 aliphatic carbocycles. The Morgan fingerprint density at radius 1 is 1.29 bits per heavy atom. The maximum atomic E-state index is 12.7. The Balaban J connectivity index is 1.91. The van der Waals surface area contributed by atoms with E-state index in [1.54, 1.807) is 0 Å². The summed E-state index contributed by atoms with van der Waals surface area (Å²) in [5.74, 6) is -1.25. The number of carbonyl (C=O) groups excluding carboxylic acids is 2. The molecule has 0 radical (unpaired) electrons. The van der Waals surface area contributed by atoms with E-state index >= 15 is 0 Å². The van der Waals surface area contributed by atoms with Crippen molar-refractivity contribution in [3.8, 4) is 6.07 Å². The number of hydrogen-bond donors (Lipinski definition) is 1. The number of hydrogen-bond acceptors (Lipinski definition) is 6. The molecule has 0 saturated carbocycles. The van der Waals surface area contributed by atoms with Gasteiger partial charge in [-0.25, -0.2) is 8.42 Å². The van der Waals surface area contributed by atoms with Crippen molar-refractivity contribution in [2.24, 2.45) is 5.92 Å². The highest BCUT2D eigenvalue weighted by Crippen LogP contribution is 2.25. The molecule has 2 rings (SSSR count). The third kappa shape index (κ3) is 5.30. The number of benzene rings is 1. The molecule has 1 atom stereocenters. The van der Waals surface area contributed by atoms with Crippen molar-refractivity contribution in [3.63, 3.8) is 0 Å². The second-order valence-electron chi connectivity index (χ2n) is 6.68. The standard InChI is InChI=1S/C19H25N3O5S/c1-3-10-21-18(23)14(2)27-19(24)16-8-11-22(12-9-16)28(25,26)17-6-4-15(13-20)5-7-17/h4-7,14,16H,3,8-12H2,1-2H3,(H,21,23)/t14-/m0/s1. The summed E-state index contributed by atoms with van der Waals surface area (Å²) in [6.45, 7) is 4.35. The molecule has 8 nitrogen and oxygen atoms in total. The monoisotopic (exact) mass is 407 g/mol. The summed E-state index contributed by atoms with van der Waals surface area (Å²) in [7, 11) is -3.68. The number of rotatable bonds is 7. The number of nitrogens with one attached hydrogen (secondary N) is 1. The molecule has 1 aromatic rings. The minimum absolute atomic E-state index is 0.119. The largest absolute Gasteiger partial charge is 0.452 e. The quantitative estimate of drug-likeness (QED) is 0.683. The number of amides is 1. The first-order valence-electron chi connectivity index (χ1n) is 9.28. The van der Waals surface area contributed by atoms with Crippen LogP contribution in [0.3, 0.4) is 0 Å². The zero-order valence-electron chi connectivity index (χ0n) is 16.1. The average molecular weight is 407 g/mol. The highest BCUT2D eigenvalue weighted by molar-refractivity contribution is 7.89. The fraction of sp³-hybridized carbons (Fsp3) is 0.526. The van der Waals surface area contributed by atoms with Crippen molar-refractivity contribution in [2.75, 3.05) is 19.6 Å². The van der Waals surface area contributed by atoms with Gasteiger partial charge in [0.2, 0.25) is 10.0 Å². The molecular weight excluding hydrogens is 382 g/mol. The molecule has 28 heavy (non-hydrogen) atoms. The van der Waals surface area contributed by atoms with Gasteiger partial charge in [0, 0.05) is 19.6 Å². The van der Waals surface area contributed by atoms with Crippen LogP contribution in [-0.4, -0.2) is 50.3 Å². The Bertz CT molecular complexity index is 837. The number of piperidine rings is 1. The zero-order chi connectivity index (χ0) is 20.7. The fourth-order valence-corrected chi connectivity index (χ4v) is 4.37. The van der Waals surface area contributed by atoms with E-state index in [4.69, 9.17) is 10.00 Å². The zero-order valence-corrected chi connectivity index (χ0v) is 16.9. The Morgan fingerprint density at radius 3 is 2.43 bits per heavy atom. The van der Waals surface area contributed by atoms with Crippen molar-refractivity contribution < 1.29 is 22.7 Å². The summed E-state index contributed by atoms with van der Waals surface area (Å²) in [4.78, 5) is 24.2. The molecule has 0 aromatic heterocycles. The van der Waals surface area contributed by atoms with E-state index in [0.29, 0.717) is 24.9 Å². The van der Waals surface area contributed by atoms with Gasteiger partial charge in [-0.3, -0.25) is 9.59 Å². The number of esters is 1. The van der Waals surface area contributed by atoms with E-state index in [0.717, 1.165) is 6.42 Å². The molecular formula is C19H25N3O5S. The van der Waals surface area contributed by atoms with Gasteiger partial charge in [-0.05, 0) is 50.5 Å². The van der Waals surface area contributed by atoms with Gasteiger partial charge in [0.05, 0.1) is 22.4 Å². The van der Waals surface area contributed by atoms with Crippen LogP contribution in [0.1, 0.15) is 38.7 Å². The Labute approximate surface area is 165 Å². The van der Waals surface area contributed by atoms with Crippen LogP contribution in [-0.2, 0) is 24.3 Å². The molecule has 1 saturated heterocycles. The number of nitriles is 1.